The number of hydrogen-bond donors (Lipinski definition) is 2. The molecule has 0 saturated carbocycles. The highest BCUT2D eigenvalue weighted by atomic mass is 32.1. The smallest absolute Gasteiger partial charge is 0.261 e. The molecule has 2 N–H and O–H groups in total. The maximum Gasteiger partial charge on any atom is 0.261 e. The number of nitrogens with zero attached hydrogens (tertiary/aromatic N) is 1. The summed E-state index contributed by atoms with van der Waals surface area (Å²) in [6, 6.07) is 10.1. The van der Waals surface area contributed by atoms with Gasteiger partial charge in [0, 0.05) is 26.1 Å². The first-order valence-corrected chi connectivity index (χ1v) is 8.99. The van der Waals surface area contributed by atoms with E-state index in [1.165, 1.54) is 11.3 Å². The van der Waals surface area contributed by atoms with Gasteiger partial charge in [0.15, 0.2) is 0 Å². The van der Waals surface area contributed by atoms with Gasteiger partial charge < -0.3 is 10.6 Å². The van der Waals surface area contributed by atoms with E-state index in [4.69, 9.17) is 0 Å². The first kappa shape index (κ1) is 17.8. The highest BCUT2D eigenvalue weighted by Crippen LogP contribution is 2.22. The Morgan fingerprint density at radius 2 is 1.58 bits per heavy atom. The summed E-state index contributed by atoms with van der Waals surface area (Å²) in [5.74, 6) is -1.21. The zero-order chi connectivity index (χ0) is 18.5. The molecule has 1 aromatic carbocycles. The normalized spacial score (nSPS) is 12.8. The van der Waals surface area contributed by atoms with Gasteiger partial charge in [-0.1, -0.05) is 18.2 Å². The molecule has 0 unspecified atom stereocenters. The molecule has 7 nitrogen and oxygen atoms in total. The number of thiophene rings is 1. The van der Waals surface area contributed by atoms with Crippen LogP contribution in [-0.4, -0.2) is 48.2 Å². The molecule has 2 aromatic rings. The summed E-state index contributed by atoms with van der Waals surface area (Å²) in [6.45, 7) is 0.604. The van der Waals surface area contributed by atoms with Gasteiger partial charge in [0.25, 0.3) is 17.7 Å². The molecule has 0 atom stereocenters. The summed E-state index contributed by atoms with van der Waals surface area (Å²) in [6.07, 6.45) is 0.0182. The van der Waals surface area contributed by atoms with Crippen molar-refractivity contribution in [3.8, 4) is 0 Å². The number of benzene rings is 1. The van der Waals surface area contributed by atoms with Gasteiger partial charge in [-0.2, -0.15) is 0 Å². The number of imide groups is 1. The lowest BCUT2D eigenvalue weighted by Gasteiger charge is -2.13. The predicted octanol–water partition coefficient (Wildman–Crippen LogP) is 1.28. The lowest BCUT2D eigenvalue weighted by atomic mass is 10.1. The second-order valence-electron chi connectivity index (χ2n) is 5.64. The van der Waals surface area contributed by atoms with Crippen LogP contribution in [0, 0.1) is 0 Å². The van der Waals surface area contributed by atoms with Crippen LogP contribution in [-0.2, 0) is 4.79 Å². The van der Waals surface area contributed by atoms with Crippen molar-refractivity contribution >= 4 is 35.0 Å². The molecule has 0 spiro atoms. The van der Waals surface area contributed by atoms with E-state index in [1.54, 1.807) is 36.4 Å². The first-order chi connectivity index (χ1) is 12.6. The van der Waals surface area contributed by atoms with Crippen LogP contribution < -0.4 is 10.6 Å². The van der Waals surface area contributed by atoms with Crippen molar-refractivity contribution in [2.24, 2.45) is 0 Å². The average Bonchev–Trinajstić information content (AvgIpc) is 3.26. The van der Waals surface area contributed by atoms with Crippen molar-refractivity contribution in [1.29, 1.82) is 0 Å². The van der Waals surface area contributed by atoms with Gasteiger partial charge in [-0.3, -0.25) is 24.1 Å². The van der Waals surface area contributed by atoms with Crippen LogP contribution in [0.1, 0.15) is 36.8 Å². The van der Waals surface area contributed by atoms with Crippen LogP contribution in [0.2, 0.25) is 0 Å². The van der Waals surface area contributed by atoms with E-state index in [9.17, 15) is 19.2 Å². The third-order valence-electron chi connectivity index (χ3n) is 3.92. The largest absolute Gasteiger partial charge is 0.354 e. The highest BCUT2D eigenvalue weighted by Gasteiger charge is 2.34. The van der Waals surface area contributed by atoms with Crippen molar-refractivity contribution < 1.29 is 19.2 Å². The van der Waals surface area contributed by atoms with E-state index in [0.29, 0.717) is 22.5 Å². The molecule has 0 fully saturated rings. The van der Waals surface area contributed by atoms with Gasteiger partial charge in [-0.05, 0) is 23.6 Å². The quantitative estimate of drug-likeness (QED) is 0.566. The molecular weight excluding hydrogens is 354 g/mol. The molecule has 8 heteroatoms. The van der Waals surface area contributed by atoms with Gasteiger partial charge in [0.05, 0.1) is 16.0 Å². The second-order valence-corrected chi connectivity index (χ2v) is 6.59. The molecule has 2 heterocycles. The monoisotopic (exact) mass is 371 g/mol. The minimum atomic E-state index is -0.374. The molecule has 4 amide bonds. The van der Waals surface area contributed by atoms with E-state index in [1.807, 2.05) is 5.38 Å². The zero-order valence-corrected chi connectivity index (χ0v) is 14.7. The van der Waals surface area contributed by atoms with Crippen molar-refractivity contribution in [2.45, 2.75) is 6.42 Å². The zero-order valence-electron chi connectivity index (χ0n) is 13.9. The Morgan fingerprint density at radius 3 is 2.19 bits per heavy atom. The average molecular weight is 371 g/mol. The number of carbonyl (C=O) groups excluding carboxylic acids is 4. The third kappa shape index (κ3) is 3.80. The Labute approximate surface area is 154 Å². The van der Waals surface area contributed by atoms with Gasteiger partial charge in [0.2, 0.25) is 5.91 Å². The maximum atomic E-state index is 12.2. The Hall–Kier alpha value is -3.00. The van der Waals surface area contributed by atoms with E-state index < -0.39 is 0 Å². The Bertz CT molecular complexity index is 813. The van der Waals surface area contributed by atoms with Crippen molar-refractivity contribution in [1.82, 2.24) is 15.5 Å². The lowest BCUT2D eigenvalue weighted by molar-refractivity contribution is -0.121. The SMILES string of the molecule is O=C(CCN1C(=O)c2ccccc2C1=O)NCCNC(=O)c1cccs1. The van der Waals surface area contributed by atoms with Crippen molar-refractivity contribution in [3.63, 3.8) is 0 Å². The maximum absolute atomic E-state index is 12.2. The number of fused-ring (bicyclic) bond motifs is 1. The number of rotatable bonds is 7. The third-order valence-corrected chi connectivity index (χ3v) is 4.79. The summed E-state index contributed by atoms with van der Waals surface area (Å²) in [4.78, 5) is 49.7. The number of carbonyl (C=O) groups is 4. The summed E-state index contributed by atoms with van der Waals surface area (Å²) in [7, 11) is 0. The Kier molecular flexibility index (Phi) is 5.43. The molecule has 134 valence electrons. The Balaban J connectivity index is 1.39. The fourth-order valence-electron chi connectivity index (χ4n) is 2.62. The summed E-state index contributed by atoms with van der Waals surface area (Å²) in [5, 5.41) is 7.18. The fourth-order valence-corrected chi connectivity index (χ4v) is 3.26. The molecule has 3 rings (SSSR count). The minimum absolute atomic E-state index is 0.0182. The van der Waals surface area contributed by atoms with Crippen LogP contribution in [0.15, 0.2) is 41.8 Å². The van der Waals surface area contributed by atoms with E-state index in [2.05, 4.69) is 10.6 Å². The van der Waals surface area contributed by atoms with Crippen LogP contribution in [0.3, 0.4) is 0 Å². The van der Waals surface area contributed by atoms with Crippen LogP contribution in [0.25, 0.3) is 0 Å². The summed E-state index contributed by atoms with van der Waals surface area (Å²) >= 11 is 1.34. The first-order valence-electron chi connectivity index (χ1n) is 8.11. The summed E-state index contributed by atoms with van der Waals surface area (Å²) < 4.78 is 0. The summed E-state index contributed by atoms with van der Waals surface area (Å²) in [5.41, 5.74) is 0.739. The van der Waals surface area contributed by atoms with Crippen LogP contribution in [0.5, 0.6) is 0 Å². The molecule has 0 aliphatic carbocycles. The molecular formula is C18H17N3O4S. The van der Waals surface area contributed by atoms with E-state index in [0.717, 1.165) is 4.90 Å². The highest BCUT2D eigenvalue weighted by molar-refractivity contribution is 7.12. The van der Waals surface area contributed by atoms with Gasteiger partial charge in [0.1, 0.15) is 0 Å². The van der Waals surface area contributed by atoms with Crippen LogP contribution in [0.4, 0.5) is 0 Å². The van der Waals surface area contributed by atoms with Crippen molar-refractivity contribution in [3.05, 3.63) is 57.8 Å². The Morgan fingerprint density at radius 1 is 0.923 bits per heavy atom. The molecule has 26 heavy (non-hydrogen) atoms. The van der Waals surface area contributed by atoms with Crippen molar-refractivity contribution in [2.75, 3.05) is 19.6 Å². The van der Waals surface area contributed by atoms with Crippen LogP contribution >= 0.6 is 11.3 Å². The predicted molar refractivity (Wildman–Crippen MR) is 96.1 cm³/mol. The van der Waals surface area contributed by atoms with E-state index >= 15 is 0 Å². The lowest BCUT2D eigenvalue weighted by Crippen LogP contribution is -2.37. The molecule has 1 aromatic heterocycles. The van der Waals surface area contributed by atoms with Gasteiger partial charge in [-0.15, -0.1) is 11.3 Å². The second kappa shape index (κ2) is 7.92. The molecule has 0 radical (unpaired) electrons. The number of hydrogen-bond acceptors (Lipinski definition) is 5. The van der Waals surface area contributed by atoms with Gasteiger partial charge >= 0.3 is 0 Å². The molecule has 0 saturated heterocycles. The standard InChI is InChI=1S/C18H17N3O4S/c22-15(19-8-9-20-16(23)14-6-3-11-26-14)7-10-21-17(24)12-4-1-2-5-13(12)18(21)25/h1-6,11H,7-10H2,(H,19,22)(H,20,23). The minimum Gasteiger partial charge on any atom is -0.354 e. The van der Waals surface area contributed by atoms with Gasteiger partial charge in [-0.25, -0.2) is 0 Å². The topological polar surface area (TPSA) is 95.6 Å². The fraction of sp³-hybridized carbons (Fsp3) is 0.222. The number of nitrogens with one attached hydrogen (secondary N) is 2. The molecule has 0 bridgehead atoms. The molecule has 1 aliphatic heterocycles. The number of amides is 4. The molecule has 1 aliphatic rings. The van der Waals surface area contributed by atoms with E-state index in [-0.39, 0.29) is 43.1 Å².